The summed E-state index contributed by atoms with van der Waals surface area (Å²) >= 11 is 1.07. The Balaban J connectivity index is 2.10. The summed E-state index contributed by atoms with van der Waals surface area (Å²) in [6, 6.07) is 14.1. The van der Waals surface area contributed by atoms with Crippen LogP contribution in [-0.2, 0) is 4.79 Å². The average molecular weight is 408 g/mol. The molecule has 3 rings (SSSR count). The van der Waals surface area contributed by atoms with Crippen LogP contribution in [-0.4, -0.2) is 23.8 Å². The molecule has 29 heavy (non-hydrogen) atoms. The molecule has 0 unspecified atom stereocenters. The molecule has 0 aliphatic heterocycles. The van der Waals surface area contributed by atoms with E-state index in [4.69, 9.17) is 16.2 Å². The third-order valence-electron chi connectivity index (χ3n) is 4.27. The molecule has 0 radical (unpaired) electrons. The minimum Gasteiger partial charge on any atom is -0.497 e. The predicted molar refractivity (Wildman–Crippen MR) is 115 cm³/mol. The van der Waals surface area contributed by atoms with E-state index in [-0.39, 0.29) is 22.2 Å². The Morgan fingerprint density at radius 2 is 1.86 bits per heavy atom. The van der Waals surface area contributed by atoms with Gasteiger partial charge in [-0.25, -0.2) is 4.98 Å². The number of anilines is 3. The van der Waals surface area contributed by atoms with Crippen LogP contribution in [0.2, 0.25) is 0 Å². The van der Waals surface area contributed by atoms with Crippen LogP contribution in [0.3, 0.4) is 0 Å². The Morgan fingerprint density at radius 3 is 2.45 bits per heavy atom. The van der Waals surface area contributed by atoms with E-state index in [1.165, 1.54) is 4.90 Å². The number of rotatable bonds is 7. The molecule has 7 nitrogen and oxygen atoms in total. The van der Waals surface area contributed by atoms with E-state index in [1.807, 2.05) is 19.1 Å². The molecule has 148 valence electrons. The van der Waals surface area contributed by atoms with Crippen molar-refractivity contribution in [3.05, 3.63) is 76.8 Å². The summed E-state index contributed by atoms with van der Waals surface area (Å²) in [5.74, 6) is -0.227. The Labute approximate surface area is 172 Å². The number of benzene rings is 2. The summed E-state index contributed by atoms with van der Waals surface area (Å²) in [6.07, 6.45) is 0. The first-order valence-electron chi connectivity index (χ1n) is 8.63. The molecule has 8 heteroatoms. The number of methoxy groups -OCH3 is 1. The van der Waals surface area contributed by atoms with Gasteiger partial charge in [0.05, 0.1) is 12.8 Å². The second-order valence-corrected chi connectivity index (χ2v) is 7.18. The van der Waals surface area contributed by atoms with E-state index in [0.29, 0.717) is 22.1 Å². The molecular weight excluding hydrogens is 388 g/mol. The van der Waals surface area contributed by atoms with Crippen molar-refractivity contribution in [1.29, 1.82) is 0 Å². The molecule has 0 saturated heterocycles. The van der Waals surface area contributed by atoms with Crippen molar-refractivity contribution in [1.82, 2.24) is 4.98 Å². The number of nitrogens with zero attached hydrogens (tertiary/aromatic N) is 2. The number of carbonyl (C=O) groups excluding carboxylic acids is 2. The molecule has 4 N–H and O–H groups in total. The lowest BCUT2D eigenvalue weighted by Crippen LogP contribution is -2.27. The van der Waals surface area contributed by atoms with Crippen LogP contribution in [0, 0.1) is 6.92 Å². The minimum atomic E-state index is -0.718. The maximum atomic E-state index is 12.8. The van der Waals surface area contributed by atoms with Gasteiger partial charge in [0.2, 0.25) is 5.78 Å². The number of ether oxygens (including phenoxy) is 1. The van der Waals surface area contributed by atoms with E-state index in [9.17, 15) is 9.59 Å². The highest BCUT2D eigenvalue weighted by Gasteiger charge is 2.26. The number of thiazole rings is 1. The van der Waals surface area contributed by atoms with Crippen LogP contribution in [0.5, 0.6) is 5.75 Å². The van der Waals surface area contributed by atoms with E-state index in [0.717, 1.165) is 16.9 Å². The van der Waals surface area contributed by atoms with Gasteiger partial charge in [-0.2, -0.15) is 0 Å². The lowest BCUT2D eigenvalue weighted by atomic mass is 10.1. The van der Waals surface area contributed by atoms with Gasteiger partial charge in [0.1, 0.15) is 22.1 Å². The molecule has 0 bridgehead atoms. The predicted octanol–water partition coefficient (Wildman–Crippen LogP) is 3.41. The monoisotopic (exact) mass is 408 g/mol. The highest BCUT2D eigenvalue weighted by atomic mass is 32.1. The van der Waals surface area contributed by atoms with Crippen LogP contribution < -0.4 is 21.1 Å². The van der Waals surface area contributed by atoms with Crippen LogP contribution >= 0.6 is 11.3 Å². The van der Waals surface area contributed by atoms with Gasteiger partial charge in [-0.3, -0.25) is 14.5 Å². The summed E-state index contributed by atoms with van der Waals surface area (Å²) in [7, 11) is 1.57. The number of primary amides is 1. The SMILES string of the molecule is C=C(C(N)=O)N(c1nc(N)c(C(=O)c2ccccc2)s1)c1ccc(OC)cc1C. The maximum absolute atomic E-state index is 12.8. The van der Waals surface area contributed by atoms with Gasteiger partial charge in [-0.1, -0.05) is 48.2 Å². The first-order valence-corrected chi connectivity index (χ1v) is 9.44. The fourth-order valence-electron chi connectivity index (χ4n) is 2.78. The highest BCUT2D eigenvalue weighted by molar-refractivity contribution is 7.18. The molecule has 0 spiro atoms. The molecule has 1 aromatic heterocycles. The Kier molecular flexibility index (Phi) is 5.65. The van der Waals surface area contributed by atoms with Crippen LogP contribution in [0.15, 0.2) is 60.8 Å². The first-order chi connectivity index (χ1) is 13.8. The number of aryl methyl sites for hydroxylation is 1. The first kappa shape index (κ1) is 20.1. The Hall–Kier alpha value is -3.65. The third kappa shape index (κ3) is 3.97. The summed E-state index contributed by atoms with van der Waals surface area (Å²) in [4.78, 5) is 30.8. The molecule has 2 aromatic carbocycles. The van der Waals surface area contributed by atoms with Crippen molar-refractivity contribution in [2.24, 2.45) is 5.73 Å². The number of hydrogen-bond acceptors (Lipinski definition) is 7. The van der Waals surface area contributed by atoms with E-state index in [1.54, 1.807) is 43.5 Å². The Bertz CT molecular complexity index is 1090. The van der Waals surface area contributed by atoms with Gasteiger partial charge in [-0.05, 0) is 30.7 Å². The zero-order chi connectivity index (χ0) is 21.1. The maximum Gasteiger partial charge on any atom is 0.265 e. The molecule has 1 heterocycles. The lowest BCUT2D eigenvalue weighted by molar-refractivity contribution is -0.114. The van der Waals surface area contributed by atoms with Crippen molar-refractivity contribution in [3.63, 3.8) is 0 Å². The number of nitrogens with two attached hydrogens (primary N) is 2. The van der Waals surface area contributed by atoms with Gasteiger partial charge < -0.3 is 16.2 Å². The zero-order valence-corrected chi connectivity index (χ0v) is 16.8. The second-order valence-electron chi connectivity index (χ2n) is 6.20. The number of amides is 1. The second kappa shape index (κ2) is 8.15. The van der Waals surface area contributed by atoms with Gasteiger partial charge in [-0.15, -0.1) is 0 Å². The summed E-state index contributed by atoms with van der Waals surface area (Å²) in [6.45, 7) is 5.65. The number of nitrogen functional groups attached to an aromatic ring is 1. The fraction of sp³-hybridized carbons (Fsp3) is 0.0952. The standard InChI is InChI=1S/C21H20N4O3S/c1-12-11-15(28-3)9-10-16(12)25(13(2)20(23)27)21-24-19(22)18(29-21)17(26)14-7-5-4-6-8-14/h4-11H,2,22H2,1,3H3,(H2,23,27). The normalized spacial score (nSPS) is 10.4. The van der Waals surface area contributed by atoms with E-state index in [2.05, 4.69) is 11.6 Å². The van der Waals surface area contributed by atoms with Gasteiger partial charge in [0, 0.05) is 5.56 Å². The molecule has 3 aromatic rings. The summed E-state index contributed by atoms with van der Waals surface area (Å²) < 4.78 is 5.24. The molecule has 0 aliphatic rings. The number of carbonyl (C=O) groups is 2. The number of aromatic nitrogens is 1. The van der Waals surface area contributed by atoms with Crippen molar-refractivity contribution in [2.75, 3.05) is 17.7 Å². The Morgan fingerprint density at radius 1 is 1.17 bits per heavy atom. The lowest BCUT2D eigenvalue weighted by Gasteiger charge is -2.24. The number of ketones is 1. The quantitative estimate of drug-likeness (QED) is 0.458. The molecule has 0 aliphatic carbocycles. The van der Waals surface area contributed by atoms with Crippen molar-refractivity contribution in [2.45, 2.75) is 6.92 Å². The van der Waals surface area contributed by atoms with Crippen molar-refractivity contribution < 1.29 is 14.3 Å². The zero-order valence-electron chi connectivity index (χ0n) is 16.0. The molecule has 0 fully saturated rings. The molecular formula is C21H20N4O3S. The van der Waals surface area contributed by atoms with Crippen molar-refractivity contribution in [3.8, 4) is 5.75 Å². The molecule has 0 atom stereocenters. The average Bonchev–Trinajstić information content (AvgIpc) is 3.10. The fourth-order valence-corrected chi connectivity index (χ4v) is 3.77. The molecule has 0 saturated carbocycles. The molecule has 1 amide bonds. The number of hydrogen-bond donors (Lipinski definition) is 2. The summed E-state index contributed by atoms with van der Waals surface area (Å²) in [5.41, 5.74) is 13.5. The minimum absolute atomic E-state index is 0.00530. The van der Waals surface area contributed by atoms with Crippen molar-refractivity contribution >= 4 is 39.7 Å². The smallest absolute Gasteiger partial charge is 0.265 e. The highest BCUT2D eigenvalue weighted by Crippen LogP contribution is 2.38. The third-order valence-corrected chi connectivity index (χ3v) is 5.33. The largest absolute Gasteiger partial charge is 0.497 e. The van der Waals surface area contributed by atoms with Crippen LogP contribution in [0.1, 0.15) is 20.8 Å². The summed E-state index contributed by atoms with van der Waals surface area (Å²) in [5, 5.41) is 0.318. The van der Waals surface area contributed by atoms with Gasteiger partial charge in [0.15, 0.2) is 5.13 Å². The van der Waals surface area contributed by atoms with Gasteiger partial charge >= 0.3 is 0 Å². The van der Waals surface area contributed by atoms with Gasteiger partial charge in [0.25, 0.3) is 5.91 Å². The van der Waals surface area contributed by atoms with Crippen LogP contribution in [0.25, 0.3) is 0 Å². The van der Waals surface area contributed by atoms with E-state index < -0.39 is 5.91 Å². The van der Waals surface area contributed by atoms with E-state index >= 15 is 0 Å². The van der Waals surface area contributed by atoms with Crippen LogP contribution in [0.4, 0.5) is 16.6 Å². The topological polar surface area (TPSA) is 112 Å².